The molecule has 0 aromatic carbocycles. The van der Waals surface area contributed by atoms with Gasteiger partial charge in [-0.25, -0.2) is 0 Å². The molecule has 0 heterocycles. The number of hydrogen-bond donors (Lipinski definition) is 0. The van der Waals surface area contributed by atoms with Crippen LogP contribution in [0.4, 0.5) is 0 Å². The lowest BCUT2D eigenvalue weighted by Crippen LogP contribution is -2.30. The Balaban J connectivity index is 4.22. The van der Waals surface area contributed by atoms with Crippen LogP contribution in [0.3, 0.4) is 0 Å². The molecule has 1 atom stereocenters. The molecule has 6 heteroatoms. The van der Waals surface area contributed by atoms with Gasteiger partial charge in [-0.05, 0) is 31.1 Å². The third-order valence-electron chi connectivity index (χ3n) is 12.2. The van der Waals surface area contributed by atoms with Gasteiger partial charge in [0, 0.05) is 19.3 Å². The predicted molar refractivity (Wildman–Crippen MR) is 256 cm³/mol. The van der Waals surface area contributed by atoms with Crippen LogP contribution < -0.4 is 0 Å². The minimum atomic E-state index is -0.761. The Morgan fingerprint density at radius 3 is 0.817 bits per heavy atom. The molecule has 0 radical (unpaired) electrons. The highest BCUT2D eigenvalue weighted by molar-refractivity contribution is 5.71. The van der Waals surface area contributed by atoms with E-state index < -0.39 is 6.10 Å². The van der Waals surface area contributed by atoms with Crippen molar-refractivity contribution >= 4 is 17.9 Å². The van der Waals surface area contributed by atoms with Crippen LogP contribution in [0.5, 0.6) is 0 Å². The molecule has 0 aromatic heterocycles. The Morgan fingerprint density at radius 2 is 0.550 bits per heavy atom. The quantitative estimate of drug-likeness (QED) is 0.0345. The average molecular weight is 849 g/mol. The molecular formula is C54H104O6. The zero-order valence-electron chi connectivity index (χ0n) is 41.1. The van der Waals surface area contributed by atoms with Crippen LogP contribution in [0.2, 0.25) is 0 Å². The molecule has 0 fully saturated rings. The Kier molecular flexibility index (Phi) is 45.7. The molecule has 0 aliphatic heterocycles. The van der Waals surface area contributed by atoms with Crippen molar-refractivity contribution < 1.29 is 28.6 Å². The third kappa shape index (κ3) is 47.5. The second-order valence-electron chi connectivity index (χ2n) is 19.5. The number of esters is 3. The third-order valence-corrected chi connectivity index (χ3v) is 12.2. The van der Waals surface area contributed by atoms with Crippen molar-refractivity contribution in [3.63, 3.8) is 0 Å². The van der Waals surface area contributed by atoms with E-state index in [1.54, 1.807) is 0 Å². The molecule has 0 N–H and O–H groups in total. The largest absolute Gasteiger partial charge is 0.462 e. The first-order valence-electron chi connectivity index (χ1n) is 26.7. The Bertz CT molecular complexity index is 916. The lowest BCUT2D eigenvalue weighted by atomic mass is 10.0. The van der Waals surface area contributed by atoms with Crippen molar-refractivity contribution in [2.24, 2.45) is 11.8 Å². The van der Waals surface area contributed by atoms with E-state index in [0.29, 0.717) is 19.3 Å². The Labute approximate surface area is 374 Å². The zero-order chi connectivity index (χ0) is 44.0. The molecule has 0 saturated carbocycles. The topological polar surface area (TPSA) is 78.9 Å². The standard InChI is InChI=1S/C54H104O6/c1-6-7-8-9-10-11-24-31-36-41-46-54(57)60-51(48-59-53(56)45-40-35-30-26-21-20-23-28-33-38-43-50(4)5)47-58-52(55)44-39-34-29-25-19-17-15-13-12-14-16-18-22-27-32-37-42-49(2)3/h49-51H,6-48H2,1-5H3/t51-/m1/s1. The Morgan fingerprint density at radius 1 is 0.317 bits per heavy atom. The van der Waals surface area contributed by atoms with Gasteiger partial charge in [0.05, 0.1) is 0 Å². The van der Waals surface area contributed by atoms with Crippen LogP contribution in [0, 0.1) is 11.8 Å². The van der Waals surface area contributed by atoms with Crippen molar-refractivity contribution in [3.8, 4) is 0 Å². The van der Waals surface area contributed by atoms with Gasteiger partial charge in [-0.3, -0.25) is 14.4 Å². The van der Waals surface area contributed by atoms with Crippen molar-refractivity contribution in [1.82, 2.24) is 0 Å². The van der Waals surface area contributed by atoms with Crippen LogP contribution in [-0.4, -0.2) is 37.2 Å². The lowest BCUT2D eigenvalue weighted by molar-refractivity contribution is -0.167. The maximum absolute atomic E-state index is 12.7. The van der Waals surface area contributed by atoms with Gasteiger partial charge in [-0.15, -0.1) is 0 Å². The molecule has 0 unspecified atom stereocenters. The number of carbonyl (C=O) groups excluding carboxylic acids is 3. The molecule has 0 aliphatic carbocycles. The molecule has 0 aliphatic rings. The molecule has 0 saturated heterocycles. The number of hydrogen-bond acceptors (Lipinski definition) is 6. The summed E-state index contributed by atoms with van der Waals surface area (Å²) in [6.07, 6.45) is 48.1. The van der Waals surface area contributed by atoms with E-state index in [9.17, 15) is 14.4 Å². The summed E-state index contributed by atoms with van der Waals surface area (Å²) in [7, 11) is 0. The Hall–Kier alpha value is -1.59. The highest BCUT2D eigenvalue weighted by Crippen LogP contribution is 2.18. The van der Waals surface area contributed by atoms with Crippen LogP contribution in [0.25, 0.3) is 0 Å². The van der Waals surface area contributed by atoms with E-state index >= 15 is 0 Å². The number of unbranched alkanes of at least 4 members (excludes halogenated alkanes) is 33. The first-order chi connectivity index (χ1) is 29.2. The van der Waals surface area contributed by atoms with Gasteiger partial charge in [-0.2, -0.15) is 0 Å². The normalized spacial score (nSPS) is 12.1. The maximum atomic E-state index is 12.7. The summed E-state index contributed by atoms with van der Waals surface area (Å²) >= 11 is 0. The van der Waals surface area contributed by atoms with Crippen molar-refractivity contribution in [2.45, 2.75) is 304 Å². The fourth-order valence-electron chi connectivity index (χ4n) is 8.17. The number of carbonyl (C=O) groups is 3. The molecule has 6 nitrogen and oxygen atoms in total. The van der Waals surface area contributed by atoms with Gasteiger partial charge in [0.25, 0.3) is 0 Å². The number of ether oxygens (including phenoxy) is 3. The van der Waals surface area contributed by atoms with E-state index in [-0.39, 0.29) is 31.1 Å². The fraction of sp³-hybridized carbons (Fsp3) is 0.944. The van der Waals surface area contributed by atoms with Gasteiger partial charge < -0.3 is 14.2 Å². The highest BCUT2D eigenvalue weighted by atomic mass is 16.6. The van der Waals surface area contributed by atoms with Gasteiger partial charge in [0.15, 0.2) is 6.10 Å². The molecule has 0 spiro atoms. The lowest BCUT2D eigenvalue weighted by Gasteiger charge is -2.18. The zero-order valence-corrected chi connectivity index (χ0v) is 41.1. The number of rotatable bonds is 48. The summed E-state index contributed by atoms with van der Waals surface area (Å²) in [5.74, 6) is 0.824. The monoisotopic (exact) mass is 849 g/mol. The molecule has 0 amide bonds. The van der Waals surface area contributed by atoms with E-state index in [2.05, 4.69) is 34.6 Å². The molecule has 356 valence electrons. The summed E-state index contributed by atoms with van der Waals surface area (Å²) in [4.78, 5) is 37.9. The second-order valence-corrected chi connectivity index (χ2v) is 19.5. The fourth-order valence-corrected chi connectivity index (χ4v) is 8.17. The summed E-state index contributed by atoms with van der Waals surface area (Å²) in [5.41, 5.74) is 0. The van der Waals surface area contributed by atoms with Crippen LogP contribution >= 0.6 is 0 Å². The SMILES string of the molecule is CCCCCCCCCCCCC(=O)O[C@H](COC(=O)CCCCCCCCCCCCCCCCCCC(C)C)COC(=O)CCCCCCCCCCCCC(C)C. The molecular weight excluding hydrogens is 745 g/mol. The summed E-state index contributed by atoms with van der Waals surface area (Å²) in [5, 5.41) is 0. The molecule has 0 bridgehead atoms. The molecule has 60 heavy (non-hydrogen) atoms. The minimum absolute atomic E-state index is 0.0634. The smallest absolute Gasteiger partial charge is 0.306 e. The first-order valence-corrected chi connectivity index (χ1v) is 26.7. The van der Waals surface area contributed by atoms with E-state index in [1.807, 2.05) is 0 Å². The maximum Gasteiger partial charge on any atom is 0.306 e. The van der Waals surface area contributed by atoms with E-state index in [4.69, 9.17) is 14.2 Å². The summed E-state index contributed by atoms with van der Waals surface area (Å²) < 4.78 is 16.8. The second kappa shape index (κ2) is 46.9. The first kappa shape index (κ1) is 58.4. The summed E-state index contributed by atoms with van der Waals surface area (Å²) in [6, 6.07) is 0. The average Bonchev–Trinajstić information content (AvgIpc) is 3.22. The van der Waals surface area contributed by atoms with Crippen molar-refractivity contribution in [3.05, 3.63) is 0 Å². The minimum Gasteiger partial charge on any atom is -0.462 e. The molecule has 0 aromatic rings. The van der Waals surface area contributed by atoms with Gasteiger partial charge in [0.1, 0.15) is 13.2 Å². The van der Waals surface area contributed by atoms with Crippen molar-refractivity contribution in [1.29, 1.82) is 0 Å². The van der Waals surface area contributed by atoms with Gasteiger partial charge in [-0.1, -0.05) is 259 Å². The summed E-state index contributed by atoms with van der Waals surface area (Å²) in [6.45, 7) is 11.4. The van der Waals surface area contributed by atoms with Crippen LogP contribution in [-0.2, 0) is 28.6 Å². The predicted octanol–water partition coefficient (Wildman–Crippen LogP) is 17.3. The van der Waals surface area contributed by atoms with Crippen LogP contribution in [0.15, 0.2) is 0 Å². The van der Waals surface area contributed by atoms with Gasteiger partial charge in [0.2, 0.25) is 0 Å². The highest BCUT2D eigenvalue weighted by Gasteiger charge is 2.19. The molecule has 0 rings (SSSR count). The van der Waals surface area contributed by atoms with Crippen molar-refractivity contribution in [2.75, 3.05) is 13.2 Å². The van der Waals surface area contributed by atoms with E-state index in [0.717, 1.165) is 69.6 Å². The van der Waals surface area contributed by atoms with E-state index in [1.165, 1.54) is 186 Å². The van der Waals surface area contributed by atoms with Gasteiger partial charge >= 0.3 is 17.9 Å². The van der Waals surface area contributed by atoms with Crippen LogP contribution in [0.1, 0.15) is 298 Å².